The summed E-state index contributed by atoms with van der Waals surface area (Å²) in [6.07, 6.45) is -0.280. The van der Waals surface area contributed by atoms with Gasteiger partial charge in [-0.05, 0) is 57.6 Å². The summed E-state index contributed by atoms with van der Waals surface area (Å²) in [5, 5.41) is 14.9. The highest BCUT2D eigenvalue weighted by atomic mass is 15.3. The maximum absolute atomic E-state index is 5.08. The van der Waals surface area contributed by atoms with Crippen molar-refractivity contribution in [3.05, 3.63) is 174 Å². The monoisotopic (exact) mass is 578 g/mol. The predicted molar refractivity (Wildman–Crippen MR) is 187 cm³/mol. The van der Waals surface area contributed by atoms with Gasteiger partial charge in [0.05, 0.1) is 16.7 Å². The van der Waals surface area contributed by atoms with Crippen LogP contribution in [-0.4, -0.2) is 10.4 Å². The molecule has 2 N–H and O–H groups in total. The summed E-state index contributed by atoms with van der Waals surface area (Å²) >= 11 is 0. The van der Waals surface area contributed by atoms with Gasteiger partial charge in [-0.1, -0.05) is 127 Å². The molecule has 1 aliphatic heterocycles. The van der Waals surface area contributed by atoms with E-state index < -0.39 is 0 Å². The topological polar surface area (TPSA) is 41.4 Å². The first kappa shape index (κ1) is 25.8. The smallest absolute Gasteiger partial charge is 0.131 e. The van der Waals surface area contributed by atoms with Gasteiger partial charge < -0.3 is 9.88 Å². The van der Waals surface area contributed by atoms with Gasteiger partial charge in [0.15, 0.2) is 0 Å². The van der Waals surface area contributed by atoms with Crippen molar-refractivity contribution in [2.75, 3.05) is 0 Å². The van der Waals surface area contributed by atoms with Crippen LogP contribution in [0.1, 0.15) is 29.0 Å². The number of rotatable bonds is 4. The molecule has 214 valence electrons. The molecule has 0 saturated heterocycles. The Labute approximate surface area is 261 Å². The Bertz CT molecular complexity index is 2390. The summed E-state index contributed by atoms with van der Waals surface area (Å²) in [6, 6.07) is 56.3. The number of nitrogens with one attached hydrogen (secondary N) is 2. The van der Waals surface area contributed by atoms with Crippen LogP contribution in [-0.2, 0) is 0 Å². The van der Waals surface area contributed by atoms with Crippen molar-refractivity contribution in [1.82, 2.24) is 15.2 Å². The standard InChI is InChI=1S/C41H30N4/c1-3-12-27(13-4-1)39-42-40(28-14-5-2-6-15-28)44-41(43-39)32-22-23-33-31(24-32)18-11-21-36(33)45-37-20-10-9-19-34(37)35-25-29-16-7-8-17-30(29)26-38(35)45/h1-26,39,41,43H,(H,42,44). The zero-order valence-corrected chi connectivity index (χ0v) is 24.6. The van der Waals surface area contributed by atoms with Crippen LogP contribution < -0.4 is 10.6 Å². The number of hydrogen-bond donors (Lipinski definition) is 2. The minimum atomic E-state index is -0.165. The van der Waals surface area contributed by atoms with E-state index in [2.05, 4.69) is 161 Å². The summed E-state index contributed by atoms with van der Waals surface area (Å²) in [5.74, 6) is 0.888. The first-order valence-corrected chi connectivity index (χ1v) is 15.5. The van der Waals surface area contributed by atoms with E-state index in [-0.39, 0.29) is 12.3 Å². The molecule has 0 saturated carbocycles. The molecule has 0 fully saturated rings. The molecule has 1 aromatic heterocycles. The van der Waals surface area contributed by atoms with Crippen molar-refractivity contribution in [2.24, 2.45) is 4.99 Å². The molecule has 1 aliphatic rings. The van der Waals surface area contributed by atoms with Crippen molar-refractivity contribution in [3.63, 3.8) is 0 Å². The van der Waals surface area contributed by atoms with E-state index in [1.165, 1.54) is 49.0 Å². The van der Waals surface area contributed by atoms with Crippen LogP contribution in [0.2, 0.25) is 0 Å². The molecule has 0 spiro atoms. The van der Waals surface area contributed by atoms with E-state index in [1.54, 1.807) is 0 Å². The minimum Gasteiger partial charge on any atom is -0.350 e. The van der Waals surface area contributed by atoms with Gasteiger partial charge >= 0.3 is 0 Å². The van der Waals surface area contributed by atoms with Crippen LogP contribution in [0.5, 0.6) is 0 Å². The van der Waals surface area contributed by atoms with E-state index in [0.29, 0.717) is 0 Å². The molecule has 4 heteroatoms. The van der Waals surface area contributed by atoms with E-state index in [1.807, 2.05) is 12.1 Å². The molecule has 2 heterocycles. The number of para-hydroxylation sites is 1. The van der Waals surface area contributed by atoms with Gasteiger partial charge in [0.2, 0.25) is 0 Å². The molecule has 8 aromatic rings. The average molecular weight is 579 g/mol. The predicted octanol–water partition coefficient (Wildman–Crippen LogP) is 9.43. The third kappa shape index (κ3) is 4.38. The van der Waals surface area contributed by atoms with Crippen LogP contribution >= 0.6 is 0 Å². The Kier molecular flexibility index (Phi) is 6.00. The van der Waals surface area contributed by atoms with Crippen molar-refractivity contribution < 1.29 is 0 Å². The number of nitrogens with zero attached hydrogens (tertiary/aromatic N) is 2. The molecule has 7 aromatic carbocycles. The highest BCUT2D eigenvalue weighted by Crippen LogP contribution is 2.37. The fourth-order valence-electron chi connectivity index (χ4n) is 6.85. The summed E-state index contributed by atoms with van der Waals surface area (Å²) < 4.78 is 2.43. The van der Waals surface area contributed by atoms with Gasteiger partial charge in [-0.3, -0.25) is 5.32 Å². The van der Waals surface area contributed by atoms with Crippen LogP contribution in [0.3, 0.4) is 0 Å². The minimum absolute atomic E-state index is 0.115. The third-order valence-corrected chi connectivity index (χ3v) is 9.02. The lowest BCUT2D eigenvalue weighted by molar-refractivity contribution is 0.409. The van der Waals surface area contributed by atoms with E-state index in [9.17, 15) is 0 Å². The van der Waals surface area contributed by atoms with Gasteiger partial charge in [0.25, 0.3) is 0 Å². The second-order valence-electron chi connectivity index (χ2n) is 11.7. The molecule has 0 radical (unpaired) electrons. The molecule has 2 atom stereocenters. The first-order chi connectivity index (χ1) is 22.3. The molecular formula is C41H30N4. The lowest BCUT2D eigenvalue weighted by Crippen LogP contribution is -2.44. The Balaban J connectivity index is 1.18. The Morgan fingerprint density at radius 3 is 2.04 bits per heavy atom. The summed E-state index contributed by atoms with van der Waals surface area (Å²) in [4.78, 5) is 5.08. The zero-order valence-electron chi connectivity index (χ0n) is 24.6. The van der Waals surface area contributed by atoms with Gasteiger partial charge in [0.1, 0.15) is 18.2 Å². The maximum atomic E-state index is 5.08. The van der Waals surface area contributed by atoms with E-state index in [4.69, 9.17) is 4.99 Å². The Morgan fingerprint density at radius 2 is 1.20 bits per heavy atom. The van der Waals surface area contributed by atoms with Crippen LogP contribution in [0.15, 0.2) is 163 Å². The van der Waals surface area contributed by atoms with Crippen molar-refractivity contribution in [2.45, 2.75) is 12.3 Å². The van der Waals surface area contributed by atoms with Crippen LogP contribution in [0.25, 0.3) is 49.0 Å². The molecule has 4 nitrogen and oxygen atoms in total. The van der Waals surface area contributed by atoms with Crippen molar-refractivity contribution in [3.8, 4) is 5.69 Å². The SMILES string of the molecule is c1ccc(C2=NC(c3ccccc3)NC(c3ccc4c(-n5c6ccccc6c6cc7ccccc7cc65)cccc4c3)N2)cc1. The van der Waals surface area contributed by atoms with Crippen LogP contribution in [0, 0.1) is 0 Å². The number of aliphatic imine (C=N–C) groups is 1. The number of hydrogen-bond acceptors (Lipinski definition) is 3. The average Bonchev–Trinajstić information content (AvgIpc) is 3.43. The van der Waals surface area contributed by atoms with Gasteiger partial charge in [-0.25, -0.2) is 4.99 Å². The second-order valence-corrected chi connectivity index (χ2v) is 11.7. The lowest BCUT2D eigenvalue weighted by Gasteiger charge is -2.32. The third-order valence-electron chi connectivity index (χ3n) is 9.02. The summed E-state index contributed by atoms with van der Waals surface area (Å²) in [6.45, 7) is 0. The zero-order chi connectivity index (χ0) is 29.7. The molecule has 2 unspecified atom stereocenters. The molecule has 0 bridgehead atoms. The fourth-order valence-corrected chi connectivity index (χ4v) is 6.85. The largest absolute Gasteiger partial charge is 0.350 e. The van der Waals surface area contributed by atoms with Gasteiger partial charge in [-0.2, -0.15) is 0 Å². The van der Waals surface area contributed by atoms with Crippen molar-refractivity contribution >= 4 is 49.2 Å². The number of aromatic nitrogens is 1. The molecule has 9 rings (SSSR count). The van der Waals surface area contributed by atoms with E-state index in [0.717, 1.165) is 22.5 Å². The first-order valence-electron chi connectivity index (χ1n) is 15.5. The molecular weight excluding hydrogens is 548 g/mol. The molecule has 0 amide bonds. The summed E-state index contributed by atoms with van der Waals surface area (Å²) in [7, 11) is 0. The second kappa shape index (κ2) is 10.5. The number of benzene rings is 7. The number of amidine groups is 1. The normalized spacial score (nSPS) is 16.7. The summed E-state index contributed by atoms with van der Waals surface area (Å²) in [5.41, 5.74) is 6.99. The highest BCUT2D eigenvalue weighted by molar-refractivity contribution is 6.14. The maximum Gasteiger partial charge on any atom is 0.131 e. The van der Waals surface area contributed by atoms with E-state index >= 15 is 0 Å². The quantitative estimate of drug-likeness (QED) is 0.218. The lowest BCUT2D eigenvalue weighted by atomic mass is 10.0. The highest BCUT2D eigenvalue weighted by Gasteiger charge is 2.25. The fraction of sp³-hybridized carbons (Fsp3) is 0.0488. The Morgan fingerprint density at radius 1 is 0.489 bits per heavy atom. The molecule has 45 heavy (non-hydrogen) atoms. The van der Waals surface area contributed by atoms with Crippen LogP contribution in [0.4, 0.5) is 0 Å². The number of fused-ring (bicyclic) bond motifs is 5. The Hall–Kier alpha value is -5.71. The van der Waals surface area contributed by atoms with Crippen molar-refractivity contribution in [1.29, 1.82) is 0 Å². The van der Waals surface area contributed by atoms with Gasteiger partial charge in [0, 0.05) is 21.7 Å². The molecule has 0 aliphatic carbocycles. The van der Waals surface area contributed by atoms with Gasteiger partial charge in [-0.15, -0.1) is 0 Å².